The van der Waals surface area contributed by atoms with Crippen molar-refractivity contribution < 1.29 is 14.6 Å². The monoisotopic (exact) mass is 318 g/mol. The van der Waals surface area contributed by atoms with Crippen molar-refractivity contribution in [3.8, 4) is 5.75 Å². The smallest absolute Gasteiger partial charge is 0.222 e. The van der Waals surface area contributed by atoms with Crippen LogP contribution in [0, 0.1) is 0 Å². The second-order valence-corrected chi connectivity index (χ2v) is 6.53. The normalized spacial score (nSPS) is 21.6. The first kappa shape index (κ1) is 16.3. The number of β-amino-alcohol motifs (C(OH)–C–C–N with tert-alkyl or cyclic N) is 1. The first-order valence-corrected chi connectivity index (χ1v) is 8.60. The maximum absolute atomic E-state index is 11.6. The van der Waals surface area contributed by atoms with Gasteiger partial charge in [0.15, 0.2) is 0 Å². The van der Waals surface area contributed by atoms with E-state index in [-0.39, 0.29) is 12.0 Å². The van der Waals surface area contributed by atoms with Gasteiger partial charge >= 0.3 is 0 Å². The fourth-order valence-corrected chi connectivity index (χ4v) is 3.41. The van der Waals surface area contributed by atoms with Gasteiger partial charge in [-0.05, 0) is 31.4 Å². The highest BCUT2D eigenvalue weighted by Gasteiger charge is 2.26. The van der Waals surface area contributed by atoms with E-state index >= 15 is 0 Å². The Kier molecular flexibility index (Phi) is 5.51. The summed E-state index contributed by atoms with van der Waals surface area (Å²) in [6.45, 7) is 3.77. The van der Waals surface area contributed by atoms with Crippen LogP contribution >= 0.6 is 0 Å². The largest absolute Gasteiger partial charge is 0.490 e. The number of benzene rings is 1. The van der Waals surface area contributed by atoms with Crippen molar-refractivity contribution in [3.05, 3.63) is 30.3 Å². The van der Waals surface area contributed by atoms with Crippen molar-refractivity contribution in [2.24, 2.45) is 0 Å². The molecule has 126 valence electrons. The van der Waals surface area contributed by atoms with Crippen molar-refractivity contribution in [3.63, 3.8) is 0 Å². The summed E-state index contributed by atoms with van der Waals surface area (Å²) in [5.41, 5.74) is 0. The van der Waals surface area contributed by atoms with E-state index < -0.39 is 6.10 Å². The Morgan fingerprint density at radius 3 is 2.52 bits per heavy atom. The summed E-state index contributed by atoms with van der Waals surface area (Å²) >= 11 is 0. The lowest BCUT2D eigenvalue weighted by Crippen LogP contribution is -2.45. The van der Waals surface area contributed by atoms with Gasteiger partial charge in [0, 0.05) is 39.1 Å². The molecule has 2 saturated heterocycles. The van der Waals surface area contributed by atoms with E-state index in [1.165, 1.54) is 0 Å². The minimum atomic E-state index is -0.455. The first-order valence-electron chi connectivity index (χ1n) is 8.60. The van der Waals surface area contributed by atoms with Gasteiger partial charge in [0.25, 0.3) is 0 Å². The molecule has 0 spiro atoms. The van der Waals surface area contributed by atoms with Gasteiger partial charge in [0.1, 0.15) is 11.9 Å². The highest BCUT2D eigenvalue weighted by Crippen LogP contribution is 2.19. The molecule has 0 aromatic heterocycles. The second kappa shape index (κ2) is 7.79. The van der Waals surface area contributed by atoms with E-state index in [1.54, 1.807) is 4.90 Å². The van der Waals surface area contributed by atoms with Crippen molar-refractivity contribution in [2.45, 2.75) is 37.9 Å². The molecule has 2 fully saturated rings. The second-order valence-electron chi connectivity index (χ2n) is 6.53. The van der Waals surface area contributed by atoms with Crippen LogP contribution in [0.2, 0.25) is 0 Å². The molecule has 3 rings (SSSR count). The summed E-state index contributed by atoms with van der Waals surface area (Å²) in [5.74, 6) is 1.11. The number of aliphatic hydroxyl groups is 1. The Balaban J connectivity index is 1.38. The lowest BCUT2D eigenvalue weighted by Gasteiger charge is -2.34. The molecule has 5 nitrogen and oxygen atoms in total. The third kappa shape index (κ3) is 4.69. The molecule has 1 N–H and O–H groups in total. The molecule has 0 saturated carbocycles. The molecule has 2 aliphatic rings. The molecule has 0 aliphatic carbocycles. The van der Waals surface area contributed by atoms with Crippen LogP contribution in [-0.2, 0) is 4.79 Å². The molecule has 5 heteroatoms. The number of hydrogen-bond acceptors (Lipinski definition) is 4. The molecule has 1 amide bonds. The average molecular weight is 318 g/mol. The number of carbonyl (C=O) groups is 1. The van der Waals surface area contributed by atoms with E-state index in [0.717, 1.165) is 44.6 Å². The average Bonchev–Trinajstić information content (AvgIpc) is 2.95. The number of para-hydroxylation sites is 1. The lowest BCUT2D eigenvalue weighted by molar-refractivity contribution is -0.129. The zero-order valence-electron chi connectivity index (χ0n) is 13.6. The van der Waals surface area contributed by atoms with E-state index in [0.29, 0.717) is 19.5 Å². The van der Waals surface area contributed by atoms with Crippen molar-refractivity contribution in [2.75, 3.05) is 32.7 Å². The Labute approximate surface area is 137 Å². The Bertz CT molecular complexity index is 500. The van der Waals surface area contributed by atoms with Gasteiger partial charge in [-0.3, -0.25) is 4.79 Å². The molecule has 0 bridgehead atoms. The van der Waals surface area contributed by atoms with Crippen molar-refractivity contribution in [1.82, 2.24) is 9.80 Å². The fourth-order valence-electron chi connectivity index (χ4n) is 3.41. The van der Waals surface area contributed by atoms with E-state index in [1.807, 2.05) is 30.3 Å². The summed E-state index contributed by atoms with van der Waals surface area (Å²) in [5, 5.41) is 10.2. The van der Waals surface area contributed by atoms with Gasteiger partial charge in [-0.2, -0.15) is 0 Å². The summed E-state index contributed by atoms with van der Waals surface area (Å²) in [4.78, 5) is 15.7. The summed E-state index contributed by atoms with van der Waals surface area (Å²) < 4.78 is 5.99. The highest BCUT2D eigenvalue weighted by molar-refractivity contribution is 5.78. The lowest BCUT2D eigenvalue weighted by atomic mass is 10.1. The number of piperidine rings is 1. The number of rotatable bonds is 6. The van der Waals surface area contributed by atoms with Crippen LogP contribution in [0.1, 0.15) is 25.7 Å². The standard InChI is InChI=1S/C18H26N2O3/c21-15(14-20-10-4-7-18(20)22)13-19-11-8-17(9-12-19)23-16-5-2-1-3-6-16/h1-3,5-6,15,17,21H,4,7-14H2. The predicted molar refractivity (Wildman–Crippen MR) is 88.4 cm³/mol. The number of carbonyl (C=O) groups excluding carboxylic acids is 1. The van der Waals surface area contributed by atoms with Crippen LogP contribution in [0.4, 0.5) is 0 Å². The van der Waals surface area contributed by atoms with E-state index in [9.17, 15) is 9.90 Å². The van der Waals surface area contributed by atoms with Crippen LogP contribution in [-0.4, -0.2) is 65.7 Å². The maximum atomic E-state index is 11.6. The van der Waals surface area contributed by atoms with Crippen LogP contribution in [0.3, 0.4) is 0 Å². The summed E-state index contributed by atoms with van der Waals surface area (Å²) in [6, 6.07) is 9.94. The molecule has 1 atom stereocenters. The number of hydrogen-bond donors (Lipinski definition) is 1. The molecule has 2 aliphatic heterocycles. The van der Waals surface area contributed by atoms with E-state index in [4.69, 9.17) is 4.74 Å². The molecule has 2 heterocycles. The minimum Gasteiger partial charge on any atom is -0.490 e. The van der Waals surface area contributed by atoms with Crippen LogP contribution in [0.25, 0.3) is 0 Å². The number of nitrogens with zero attached hydrogens (tertiary/aromatic N) is 2. The van der Waals surface area contributed by atoms with E-state index in [2.05, 4.69) is 4.90 Å². The van der Waals surface area contributed by atoms with Gasteiger partial charge in [0.2, 0.25) is 5.91 Å². The van der Waals surface area contributed by atoms with Crippen LogP contribution < -0.4 is 4.74 Å². The minimum absolute atomic E-state index is 0.180. The summed E-state index contributed by atoms with van der Waals surface area (Å²) in [6.07, 6.45) is 3.31. The molecule has 1 aromatic carbocycles. The number of ether oxygens (including phenoxy) is 1. The van der Waals surface area contributed by atoms with Gasteiger partial charge in [0.05, 0.1) is 6.10 Å². The molecule has 1 aromatic rings. The van der Waals surface area contributed by atoms with Gasteiger partial charge in [-0.15, -0.1) is 0 Å². The van der Waals surface area contributed by atoms with Gasteiger partial charge < -0.3 is 19.6 Å². The van der Waals surface area contributed by atoms with Crippen LogP contribution in [0.15, 0.2) is 30.3 Å². The Morgan fingerprint density at radius 2 is 1.87 bits per heavy atom. The topological polar surface area (TPSA) is 53.0 Å². The zero-order chi connectivity index (χ0) is 16.1. The molecular formula is C18H26N2O3. The zero-order valence-corrected chi connectivity index (χ0v) is 13.6. The first-order chi connectivity index (χ1) is 11.2. The molecule has 0 radical (unpaired) electrons. The van der Waals surface area contributed by atoms with Crippen molar-refractivity contribution in [1.29, 1.82) is 0 Å². The third-order valence-corrected chi connectivity index (χ3v) is 4.65. The highest BCUT2D eigenvalue weighted by atomic mass is 16.5. The fraction of sp³-hybridized carbons (Fsp3) is 0.611. The number of likely N-dealkylation sites (tertiary alicyclic amines) is 2. The maximum Gasteiger partial charge on any atom is 0.222 e. The molecular weight excluding hydrogens is 292 g/mol. The SMILES string of the molecule is O=C1CCCN1CC(O)CN1CCC(Oc2ccccc2)CC1. The van der Waals surface area contributed by atoms with Gasteiger partial charge in [-0.1, -0.05) is 18.2 Å². The predicted octanol–water partition coefficient (Wildman–Crippen LogP) is 1.51. The number of aliphatic hydroxyl groups excluding tert-OH is 1. The summed E-state index contributed by atoms with van der Waals surface area (Å²) in [7, 11) is 0. The molecule has 23 heavy (non-hydrogen) atoms. The molecule has 1 unspecified atom stereocenters. The number of amides is 1. The van der Waals surface area contributed by atoms with Gasteiger partial charge in [-0.25, -0.2) is 0 Å². The van der Waals surface area contributed by atoms with Crippen molar-refractivity contribution >= 4 is 5.91 Å². The van der Waals surface area contributed by atoms with Crippen LogP contribution in [0.5, 0.6) is 5.75 Å². The third-order valence-electron chi connectivity index (χ3n) is 4.65. The quantitative estimate of drug-likeness (QED) is 0.864. The Hall–Kier alpha value is -1.59. The Morgan fingerprint density at radius 1 is 1.13 bits per heavy atom.